The first kappa shape index (κ1) is 14.3. The van der Waals surface area contributed by atoms with Gasteiger partial charge in [-0.2, -0.15) is 0 Å². The molecular formula is C14H19N3O3. The Morgan fingerprint density at radius 2 is 1.90 bits per heavy atom. The number of carbonyl (C=O) groups excluding carboxylic acids is 1. The number of piperazine rings is 1. The standard InChI is InChI=1S/C14H19N3O3/c1-2-5-14(18)16-10-8-15(9-11-16)12-6-3-4-7-13(12)17(19)20/h3-4,6-7H,2,5,8-11H2,1H3. The maximum absolute atomic E-state index is 11.8. The van der Waals surface area contributed by atoms with E-state index in [4.69, 9.17) is 0 Å². The molecule has 0 aliphatic carbocycles. The molecule has 0 saturated carbocycles. The molecule has 0 radical (unpaired) electrons. The van der Waals surface area contributed by atoms with E-state index in [9.17, 15) is 14.9 Å². The number of nitro groups is 1. The van der Waals surface area contributed by atoms with Crippen LogP contribution in [0.15, 0.2) is 24.3 Å². The fourth-order valence-corrected chi connectivity index (χ4v) is 2.45. The molecule has 0 atom stereocenters. The summed E-state index contributed by atoms with van der Waals surface area (Å²) in [5, 5.41) is 11.0. The smallest absolute Gasteiger partial charge is 0.292 e. The molecule has 1 aliphatic heterocycles. The van der Waals surface area contributed by atoms with Crippen molar-refractivity contribution in [2.75, 3.05) is 31.1 Å². The summed E-state index contributed by atoms with van der Waals surface area (Å²) in [5.41, 5.74) is 0.765. The molecule has 1 amide bonds. The van der Waals surface area contributed by atoms with Crippen LogP contribution < -0.4 is 4.90 Å². The average molecular weight is 277 g/mol. The van der Waals surface area contributed by atoms with E-state index >= 15 is 0 Å². The Balaban J connectivity index is 2.04. The Labute approximate surface area is 118 Å². The minimum Gasteiger partial charge on any atom is -0.362 e. The molecule has 1 aromatic rings. The predicted octanol–water partition coefficient (Wildman–Crippen LogP) is 2.04. The van der Waals surface area contributed by atoms with E-state index in [1.165, 1.54) is 6.07 Å². The van der Waals surface area contributed by atoms with Crippen LogP contribution in [0.3, 0.4) is 0 Å². The zero-order chi connectivity index (χ0) is 14.5. The van der Waals surface area contributed by atoms with Crippen molar-refractivity contribution in [3.63, 3.8) is 0 Å². The second-order valence-corrected chi connectivity index (χ2v) is 4.86. The van der Waals surface area contributed by atoms with Gasteiger partial charge in [0.15, 0.2) is 0 Å². The van der Waals surface area contributed by atoms with Gasteiger partial charge in [0.1, 0.15) is 5.69 Å². The van der Waals surface area contributed by atoms with Crippen LogP contribution in [0.1, 0.15) is 19.8 Å². The van der Waals surface area contributed by atoms with Crippen LogP contribution in [0.4, 0.5) is 11.4 Å². The van der Waals surface area contributed by atoms with E-state index in [1.54, 1.807) is 18.2 Å². The third-order valence-electron chi connectivity index (χ3n) is 3.52. The molecule has 1 heterocycles. The minimum absolute atomic E-state index is 0.126. The molecule has 1 aliphatic rings. The Bertz CT molecular complexity index is 496. The zero-order valence-corrected chi connectivity index (χ0v) is 11.6. The van der Waals surface area contributed by atoms with Crippen molar-refractivity contribution >= 4 is 17.3 Å². The number of para-hydroxylation sites is 2. The lowest BCUT2D eigenvalue weighted by atomic mass is 10.2. The molecular weight excluding hydrogens is 258 g/mol. The Morgan fingerprint density at radius 3 is 2.50 bits per heavy atom. The highest BCUT2D eigenvalue weighted by Crippen LogP contribution is 2.28. The Morgan fingerprint density at radius 1 is 1.25 bits per heavy atom. The highest BCUT2D eigenvalue weighted by molar-refractivity contribution is 5.76. The van der Waals surface area contributed by atoms with Gasteiger partial charge in [0, 0.05) is 38.7 Å². The number of anilines is 1. The summed E-state index contributed by atoms with van der Waals surface area (Å²) in [6.07, 6.45) is 1.43. The number of hydrogen-bond donors (Lipinski definition) is 0. The predicted molar refractivity (Wildman–Crippen MR) is 76.8 cm³/mol. The monoisotopic (exact) mass is 277 g/mol. The molecule has 0 aromatic heterocycles. The van der Waals surface area contributed by atoms with Gasteiger partial charge in [0.05, 0.1) is 4.92 Å². The van der Waals surface area contributed by atoms with Crippen molar-refractivity contribution in [3.05, 3.63) is 34.4 Å². The molecule has 0 unspecified atom stereocenters. The Kier molecular flexibility index (Phi) is 4.55. The van der Waals surface area contributed by atoms with E-state index < -0.39 is 0 Å². The third kappa shape index (κ3) is 3.07. The minimum atomic E-state index is -0.357. The molecule has 108 valence electrons. The summed E-state index contributed by atoms with van der Waals surface area (Å²) in [5.74, 6) is 0.176. The highest BCUT2D eigenvalue weighted by Gasteiger charge is 2.24. The largest absolute Gasteiger partial charge is 0.362 e. The van der Waals surface area contributed by atoms with Gasteiger partial charge < -0.3 is 9.80 Å². The topological polar surface area (TPSA) is 66.7 Å². The molecule has 1 aromatic carbocycles. The quantitative estimate of drug-likeness (QED) is 0.624. The van der Waals surface area contributed by atoms with Gasteiger partial charge in [0.25, 0.3) is 5.69 Å². The first-order chi connectivity index (χ1) is 9.63. The SMILES string of the molecule is CCCC(=O)N1CCN(c2ccccc2[N+](=O)[O-])CC1. The van der Waals surface area contributed by atoms with Gasteiger partial charge >= 0.3 is 0 Å². The number of carbonyl (C=O) groups is 1. The van der Waals surface area contributed by atoms with Crippen LogP contribution in [0.2, 0.25) is 0 Å². The summed E-state index contributed by atoms with van der Waals surface area (Å²) in [4.78, 5) is 26.3. The van der Waals surface area contributed by atoms with E-state index in [0.29, 0.717) is 38.3 Å². The third-order valence-corrected chi connectivity index (χ3v) is 3.52. The van der Waals surface area contributed by atoms with Crippen LogP contribution in [-0.2, 0) is 4.79 Å². The molecule has 0 bridgehead atoms. The Hall–Kier alpha value is -2.11. The molecule has 6 heteroatoms. The number of rotatable bonds is 4. The number of benzene rings is 1. The van der Waals surface area contributed by atoms with Crippen LogP contribution in [-0.4, -0.2) is 41.9 Å². The molecule has 20 heavy (non-hydrogen) atoms. The summed E-state index contributed by atoms with van der Waals surface area (Å²) in [7, 11) is 0. The van der Waals surface area contributed by atoms with E-state index in [2.05, 4.69) is 0 Å². The molecule has 1 fully saturated rings. The van der Waals surface area contributed by atoms with E-state index in [0.717, 1.165) is 6.42 Å². The van der Waals surface area contributed by atoms with Crippen LogP contribution in [0.25, 0.3) is 0 Å². The van der Waals surface area contributed by atoms with Crippen LogP contribution >= 0.6 is 0 Å². The normalized spacial score (nSPS) is 15.2. The van der Waals surface area contributed by atoms with Crippen molar-refractivity contribution in [3.8, 4) is 0 Å². The van der Waals surface area contributed by atoms with Crippen LogP contribution in [0, 0.1) is 10.1 Å². The van der Waals surface area contributed by atoms with Gasteiger partial charge in [-0.3, -0.25) is 14.9 Å². The molecule has 0 spiro atoms. The number of amides is 1. The van der Waals surface area contributed by atoms with Gasteiger partial charge in [-0.05, 0) is 12.5 Å². The van der Waals surface area contributed by atoms with Crippen molar-refractivity contribution in [2.24, 2.45) is 0 Å². The summed E-state index contributed by atoms with van der Waals surface area (Å²) < 4.78 is 0. The first-order valence-electron chi connectivity index (χ1n) is 6.89. The van der Waals surface area contributed by atoms with Crippen LogP contribution in [0.5, 0.6) is 0 Å². The molecule has 1 saturated heterocycles. The molecule has 0 N–H and O–H groups in total. The van der Waals surface area contributed by atoms with Gasteiger partial charge in [-0.1, -0.05) is 19.1 Å². The fraction of sp³-hybridized carbons (Fsp3) is 0.500. The number of nitrogens with zero attached hydrogens (tertiary/aromatic N) is 3. The van der Waals surface area contributed by atoms with Crippen molar-refractivity contribution in [1.82, 2.24) is 4.90 Å². The lowest BCUT2D eigenvalue weighted by Gasteiger charge is -2.35. The van der Waals surface area contributed by atoms with Crippen molar-refractivity contribution in [2.45, 2.75) is 19.8 Å². The second-order valence-electron chi connectivity index (χ2n) is 4.86. The number of hydrogen-bond acceptors (Lipinski definition) is 4. The maximum Gasteiger partial charge on any atom is 0.292 e. The average Bonchev–Trinajstić information content (AvgIpc) is 2.47. The van der Waals surface area contributed by atoms with Gasteiger partial charge in [0.2, 0.25) is 5.91 Å². The first-order valence-corrected chi connectivity index (χ1v) is 6.89. The summed E-state index contributed by atoms with van der Waals surface area (Å²) in [6.45, 7) is 4.53. The molecule has 2 rings (SSSR count). The maximum atomic E-state index is 11.8. The van der Waals surface area contributed by atoms with Gasteiger partial charge in [-0.15, -0.1) is 0 Å². The number of nitro benzene ring substituents is 1. The van der Waals surface area contributed by atoms with E-state index in [1.807, 2.05) is 16.7 Å². The zero-order valence-electron chi connectivity index (χ0n) is 11.6. The summed E-state index contributed by atoms with van der Waals surface area (Å²) >= 11 is 0. The van der Waals surface area contributed by atoms with Crippen molar-refractivity contribution in [1.29, 1.82) is 0 Å². The fourth-order valence-electron chi connectivity index (χ4n) is 2.45. The summed E-state index contributed by atoms with van der Waals surface area (Å²) in [6, 6.07) is 6.76. The lowest BCUT2D eigenvalue weighted by molar-refractivity contribution is -0.384. The van der Waals surface area contributed by atoms with Crippen molar-refractivity contribution < 1.29 is 9.72 Å². The lowest BCUT2D eigenvalue weighted by Crippen LogP contribution is -2.48. The van der Waals surface area contributed by atoms with Gasteiger partial charge in [-0.25, -0.2) is 0 Å². The second kappa shape index (κ2) is 6.36. The highest BCUT2D eigenvalue weighted by atomic mass is 16.6. The van der Waals surface area contributed by atoms with E-state index in [-0.39, 0.29) is 16.5 Å². The molecule has 6 nitrogen and oxygen atoms in total.